The van der Waals surface area contributed by atoms with Crippen LogP contribution in [-0.2, 0) is 4.79 Å². The molecule has 0 saturated carbocycles. The Morgan fingerprint density at radius 1 is 1.33 bits per heavy atom. The van der Waals surface area contributed by atoms with Gasteiger partial charge in [-0.15, -0.1) is 0 Å². The van der Waals surface area contributed by atoms with Crippen molar-refractivity contribution in [2.75, 3.05) is 36.4 Å². The molecule has 156 valence electrons. The highest BCUT2D eigenvalue weighted by molar-refractivity contribution is 5.82. The number of nitrogens with one attached hydrogen (secondary N) is 3. The lowest BCUT2D eigenvalue weighted by Crippen LogP contribution is -2.39. The van der Waals surface area contributed by atoms with E-state index in [4.69, 9.17) is 0 Å². The van der Waals surface area contributed by atoms with E-state index in [0.717, 1.165) is 30.1 Å². The molecule has 2 aliphatic rings. The molecule has 0 aliphatic carbocycles. The highest BCUT2D eigenvalue weighted by Crippen LogP contribution is 2.43. The Labute approximate surface area is 171 Å². The first-order valence-corrected chi connectivity index (χ1v) is 9.97. The van der Waals surface area contributed by atoms with Gasteiger partial charge in [-0.3, -0.25) is 9.89 Å². The summed E-state index contributed by atoms with van der Waals surface area (Å²) < 4.78 is 14.4. The first kappa shape index (κ1) is 18.7. The summed E-state index contributed by atoms with van der Waals surface area (Å²) in [6, 6.07) is 5.51. The quantitative estimate of drug-likeness (QED) is 0.516. The number of carbonyl (C=O) groups is 1. The molecule has 4 N–H and O–H groups in total. The highest BCUT2D eigenvalue weighted by atomic mass is 19.1. The van der Waals surface area contributed by atoms with E-state index in [1.807, 2.05) is 23.1 Å². The molecular formula is C20H22FN7O2. The number of benzene rings is 1. The Bertz CT molecular complexity index is 1100. The lowest BCUT2D eigenvalue weighted by atomic mass is 9.74. The molecule has 3 aromatic rings. The molecule has 9 nitrogen and oxygen atoms in total. The number of halogens is 1. The standard InChI is InChI=1S/C20H22FN7O2/c21-15-9-23-19(26-17(15)25-14-1-2-16-12(7-14)8-24-27-16)28-10-13-3-5-22-6-4-20(13,11-28)18(29)30/h1-2,7-9,13,22H,3-6,10-11H2,(H,24,27)(H,29,30)(H,23,25,26)/t13-,20-/m0/s1. The van der Waals surface area contributed by atoms with Gasteiger partial charge >= 0.3 is 5.97 Å². The molecule has 2 aromatic heterocycles. The van der Waals surface area contributed by atoms with Crippen LogP contribution in [0.15, 0.2) is 30.6 Å². The minimum atomic E-state index is -0.832. The van der Waals surface area contributed by atoms with Crippen LogP contribution >= 0.6 is 0 Å². The van der Waals surface area contributed by atoms with Crippen molar-refractivity contribution in [2.45, 2.75) is 12.8 Å². The monoisotopic (exact) mass is 411 g/mol. The Kier molecular flexibility index (Phi) is 4.50. The van der Waals surface area contributed by atoms with E-state index < -0.39 is 17.2 Å². The fraction of sp³-hybridized carbons (Fsp3) is 0.400. The van der Waals surface area contributed by atoms with Gasteiger partial charge in [0.05, 0.1) is 23.3 Å². The van der Waals surface area contributed by atoms with E-state index in [9.17, 15) is 14.3 Å². The molecule has 0 radical (unpaired) electrons. The number of anilines is 3. The number of H-pyrrole nitrogens is 1. The molecule has 2 fully saturated rings. The zero-order valence-corrected chi connectivity index (χ0v) is 16.2. The van der Waals surface area contributed by atoms with E-state index in [1.54, 1.807) is 6.20 Å². The first-order chi connectivity index (χ1) is 14.5. The molecular weight excluding hydrogens is 389 g/mol. The largest absolute Gasteiger partial charge is 0.481 e. The maximum absolute atomic E-state index is 14.4. The Morgan fingerprint density at radius 2 is 2.23 bits per heavy atom. The summed E-state index contributed by atoms with van der Waals surface area (Å²) >= 11 is 0. The number of carboxylic acids is 1. The van der Waals surface area contributed by atoms with Crippen LogP contribution in [0.25, 0.3) is 10.9 Å². The SMILES string of the molecule is O=C(O)[C@]12CCNCC[C@H]1CN(c1ncc(F)c(Nc3ccc4[nH]ncc4c3)n1)C2. The van der Waals surface area contributed by atoms with Crippen LogP contribution in [0.5, 0.6) is 0 Å². The Morgan fingerprint density at radius 3 is 3.10 bits per heavy atom. The fourth-order valence-corrected chi connectivity index (χ4v) is 4.60. The number of carboxylic acid groups (broad SMARTS) is 1. The summed E-state index contributed by atoms with van der Waals surface area (Å²) in [7, 11) is 0. The van der Waals surface area contributed by atoms with Crippen LogP contribution in [0.3, 0.4) is 0 Å². The number of hydrogen-bond acceptors (Lipinski definition) is 7. The lowest BCUT2D eigenvalue weighted by Gasteiger charge is -2.27. The topological polar surface area (TPSA) is 119 Å². The van der Waals surface area contributed by atoms with Crippen LogP contribution in [-0.4, -0.2) is 57.4 Å². The molecule has 0 amide bonds. The lowest BCUT2D eigenvalue weighted by molar-refractivity contribution is -0.150. The van der Waals surface area contributed by atoms with Crippen LogP contribution in [0.1, 0.15) is 12.8 Å². The number of aromatic amines is 1. The summed E-state index contributed by atoms with van der Waals surface area (Å²) in [5, 5.41) is 24.0. The summed E-state index contributed by atoms with van der Waals surface area (Å²) in [5.41, 5.74) is 0.724. The van der Waals surface area contributed by atoms with Crippen molar-refractivity contribution < 1.29 is 14.3 Å². The van der Waals surface area contributed by atoms with Crippen LogP contribution < -0.4 is 15.5 Å². The van der Waals surface area contributed by atoms with Crippen molar-refractivity contribution in [3.63, 3.8) is 0 Å². The average Bonchev–Trinajstić information content (AvgIpc) is 3.29. The van der Waals surface area contributed by atoms with E-state index in [2.05, 4.69) is 30.8 Å². The molecule has 5 rings (SSSR count). The predicted molar refractivity (Wildman–Crippen MR) is 109 cm³/mol. The molecule has 2 saturated heterocycles. The van der Waals surface area contributed by atoms with Crippen LogP contribution in [0, 0.1) is 17.2 Å². The van der Waals surface area contributed by atoms with E-state index in [0.29, 0.717) is 37.7 Å². The van der Waals surface area contributed by atoms with Crippen molar-refractivity contribution in [3.8, 4) is 0 Å². The first-order valence-electron chi connectivity index (χ1n) is 9.97. The number of hydrogen-bond donors (Lipinski definition) is 4. The van der Waals surface area contributed by atoms with Gasteiger partial charge in [0.15, 0.2) is 11.6 Å². The maximum atomic E-state index is 14.4. The molecule has 4 heterocycles. The molecule has 2 aliphatic heterocycles. The van der Waals surface area contributed by atoms with Crippen molar-refractivity contribution in [2.24, 2.45) is 11.3 Å². The van der Waals surface area contributed by atoms with Gasteiger partial charge in [-0.2, -0.15) is 10.1 Å². The highest BCUT2D eigenvalue weighted by Gasteiger charge is 2.53. The second kappa shape index (κ2) is 7.21. The number of aliphatic carboxylic acids is 1. The molecule has 30 heavy (non-hydrogen) atoms. The molecule has 0 unspecified atom stereocenters. The molecule has 2 atom stereocenters. The zero-order chi connectivity index (χ0) is 20.7. The molecule has 10 heteroatoms. The fourth-order valence-electron chi connectivity index (χ4n) is 4.60. The van der Waals surface area contributed by atoms with Crippen LogP contribution in [0.4, 0.5) is 21.8 Å². The second-order valence-corrected chi connectivity index (χ2v) is 7.99. The van der Waals surface area contributed by atoms with Crippen LogP contribution in [0.2, 0.25) is 0 Å². The molecule has 0 bridgehead atoms. The van der Waals surface area contributed by atoms with Gasteiger partial charge in [-0.05, 0) is 50.0 Å². The molecule has 1 aromatic carbocycles. The third-order valence-corrected chi connectivity index (χ3v) is 6.26. The van der Waals surface area contributed by atoms with E-state index in [-0.39, 0.29) is 11.7 Å². The van der Waals surface area contributed by atoms with Gasteiger partial charge in [0, 0.05) is 24.2 Å². The van der Waals surface area contributed by atoms with Crippen molar-refractivity contribution in [1.82, 2.24) is 25.5 Å². The minimum Gasteiger partial charge on any atom is -0.481 e. The minimum absolute atomic E-state index is 0.00133. The third kappa shape index (κ3) is 3.13. The smallest absolute Gasteiger partial charge is 0.311 e. The van der Waals surface area contributed by atoms with Gasteiger partial charge in [0.1, 0.15) is 0 Å². The maximum Gasteiger partial charge on any atom is 0.311 e. The Balaban J connectivity index is 1.42. The van der Waals surface area contributed by atoms with Crippen molar-refractivity contribution >= 4 is 34.3 Å². The number of nitrogens with zero attached hydrogens (tertiary/aromatic N) is 4. The average molecular weight is 411 g/mol. The van der Waals surface area contributed by atoms with Gasteiger partial charge in [0.25, 0.3) is 0 Å². The summed E-state index contributed by atoms with van der Waals surface area (Å²) in [6.45, 7) is 2.33. The predicted octanol–water partition coefficient (Wildman–Crippen LogP) is 2.13. The van der Waals surface area contributed by atoms with Crippen molar-refractivity contribution in [3.05, 3.63) is 36.4 Å². The third-order valence-electron chi connectivity index (χ3n) is 6.26. The van der Waals surface area contributed by atoms with Gasteiger partial charge in [-0.25, -0.2) is 9.37 Å². The zero-order valence-electron chi connectivity index (χ0n) is 16.2. The van der Waals surface area contributed by atoms with Gasteiger partial charge < -0.3 is 20.6 Å². The summed E-state index contributed by atoms with van der Waals surface area (Å²) in [5.74, 6) is -0.964. The number of rotatable bonds is 4. The summed E-state index contributed by atoms with van der Waals surface area (Å²) in [6.07, 6.45) is 4.15. The normalized spacial score (nSPS) is 23.9. The number of aromatic nitrogens is 4. The van der Waals surface area contributed by atoms with Crippen molar-refractivity contribution in [1.29, 1.82) is 0 Å². The number of fused-ring (bicyclic) bond motifs is 2. The Hall–Kier alpha value is -3.27. The van der Waals surface area contributed by atoms with Gasteiger partial charge in [0.2, 0.25) is 5.95 Å². The molecule has 0 spiro atoms. The van der Waals surface area contributed by atoms with Gasteiger partial charge in [-0.1, -0.05) is 0 Å². The summed E-state index contributed by atoms with van der Waals surface area (Å²) in [4.78, 5) is 22.6. The van der Waals surface area contributed by atoms with E-state index in [1.165, 1.54) is 0 Å². The van der Waals surface area contributed by atoms with E-state index >= 15 is 0 Å². The second-order valence-electron chi connectivity index (χ2n) is 7.99.